The predicted molar refractivity (Wildman–Crippen MR) is 64.2 cm³/mol. The molecule has 0 saturated carbocycles. The highest BCUT2D eigenvalue weighted by molar-refractivity contribution is 6.21. The van der Waals surface area contributed by atoms with Crippen molar-refractivity contribution in [2.45, 2.75) is 24.7 Å². The molecule has 0 N–H and O–H groups in total. The average molecular weight is 257 g/mol. The van der Waals surface area contributed by atoms with E-state index >= 15 is 0 Å². The van der Waals surface area contributed by atoms with Crippen LogP contribution in [-0.2, 0) is 9.78 Å². The normalized spacial score (nSPS) is 32.0. The van der Waals surface area contributed by atoms with Crippen molar-refractivity contribution in [1.29, 1.82) is 0 Å². The molecule has 5 nitrogen and oxygen atoms in total. The van der Waals surface area contributed by atoms with Crippen molar-refractivity contribution < 1.29 is 19.4 Å². The van der Waals surface area contributed by atoms with Gasteiger partial charge in [0.25, 0.3) is 11.8 Å². The van der Waals surface area contributed by atoms with Gasteiger partial charge in [-0.2, -0.15) is 0 Å². The number of hydrogen-bond donors (Lipinski definition) is 0. The lowest BCUT2D eigenvalue weighted by molar-refractivity contribution is -0.370. The molecule has 3 aliphatic heterocycles. The van der Waals surface area contributed by atoms with Crippen molar-refractivity contribution in [1.82, 2.24) is 4.90 Å². The number of amides is 2. The highest BCUT2D eigenvalue weighted by atomic mass is 17.2. The number of imide groups is 1. The number of nitrogens with zero attached hydrogens (tertiary/aromatic N) is 1. The minimum absolute atomic E-state index is 0.181. The van der Waals surface area contributed by atoms with Crippen molar-refractivity contribution in [3.8, 4) is 0 Å². The first-order chi connectivity index (χ1) is 9.25. The summed E-state index contributed by atoms with van der Waals surface area (Å²) in [5.41, 5.74) is 0.942. The zero-order chi connectivity index (χ0) is 13.0. The van der Waals surface area contributed by atoms with Crippen molar-refractivity contribution in [2.75, 3.05) is 0 Å². The number of hydrogen-bond acceptors (Lipinski definition) is 4. The fraction of sp³-hybridized carbons (Fsp3) is 0.286. The van der Waals surface area contributed by atoms with Gasteiger partial charge in [-0.1, -0.05) is 24.3 Å². The van der Waals surface area contributed by atoms with E-state index in [1.807, 2.05) is 12.2 Å². The van der Waals surface area contributed by atoms with Crippen molar-refractivity contribution in [3.63, 3.8) is 0 Å². The van der Waals surface area contributed by atoms with Crippen LogP contribution in [0.2, 0.25) is 0 Å². The maximum atomic E-state index is 12.4. The SMILES string of the molecule is O=C1c2ccccc2C(=O)N1[C@@H]1C[C@H]2C=C[C@@H]1OO2. The Hall–Kier alpha value is -1.98. The summed E-state index contributed by atoms with van der Waals surface area (Å²) in [6.07, 6.45) is 3.80. The molecule has 19 heavy (non-hydrogen) atoms. The summed E-state index contributed by atoms with van der Waals surface area (Å²) in [5.74, 6) is -0.481. The molecule has 0 radical (unpaired) electrons. The Morgan fingerprint density at radius 1 is 1.00 bits per heavy atom. The van der Waals surface area contributed by atoms with E-state index in [1.54, 1.807) is 24.3 Å². The monoisotopic (exact) mass is 257 g/mol. The Bertz CT molecular complexity index is 574. The van der Waals surface area contributed by atoms with E-state index < -0.39 is 0 Å². The van der Waals surface area contributed by atoms with Gasteiger partial charge in [0.15, 0.2) is 0 Å². The first-order valence-corrected chi connectivity index (χ1v) is 6.23. The summed E-state index contributed by atoms with van der Waals surface area (Å²) >= 11 is 0. The van der Waals surface area contributed by atoms with Crippen LogP contribution < -0.4 is 0 Å². The summed E-state index contributed by atoms with van der Waals surface area (Å²) in [4.78, 5) is 36.3. The van der Waals surface area contributed by atoms with E-state index in [4.69, 9.17) is 9.78 Å². The minimum Gasteiger partial charge on any atom is -0.269 e. The Labute approximate surface area is 109 Å². The molecule has 0 spiro atoms. The van der Waals surface area contributed by atoms with Crippen LogP contribution in [0.1, 0.15) is 27.1 Å². The van der Waals surface area contributed by atoms with Crippen LogP contribution in [0.15, 0.2) is 36.4 Å². The minimum atomic E-state index is -0.368. The molecule has 1 aromatic rings. The van der Waals surface area contributed by atoms with Gasteiger partial charge in [0, 0.05) is 6.42 Å². The quantitative estimate of drug-likeness (QED) is 0.432. The van der Waals surface area contributed by atoms with Crippen LogP contribution in [0.3, 0.4) is 0 Å². The highest BCUT2D eigenvalue weighted by Gasteiger charge is 2.47. The lowest BCUT2D eigenvalue weighted by atomic mass is 9.94. The van der Waals surface area contributed by atoms with Gasteiger partial charge in [0.2, 0.25) is 0 Å². The smallest absolute Gasteiger partial charge is 0.261 e. The molecule has 3 atom stereocenters. The molecule has 5 rings (SSSR count). The first kappa shape index (κ1) is 10.9. The summed E-state index contributed by atoms with van der Waals surface area (Å²) in [7, 11) is 0. The van der Waals surface area contributed by atoms with Crippen molar-refractivity contribution in [3.05, 3.63) is 47.5 Å². The van der Waals surface area contributed by atoms with Gasteiger partial charge >= 0.3 is 0 Å². The maximum absolute atomic E-state index is 12.4. The molecule has 2 amide bonds. The fourth-order valence-corrected chi connectivity index (χ4v) is 2.88. The average Bonchev–Trinajstić information content (AvgIpc) is 2.73. The Morgan fingerprint density at radius 3 is 2.16 bits per heavy atom. The van der Waals surface area contributed by atoms with Gasteiger partial charge < -0.3 is 0 Å². The van der Waals surface area contributed by atoms with Gasteiger partial charge in [-0.15, -0.1) is 0 Å². The summed E-state index contributed by atoms with van der Waals surface area (Å²) in [5, 5.41) is 0. The van der Waals surface area contributed by atoms with Crippen LogP contribution in [0.4, 0.5) is 0 Å². The topological polar surface area (TPSA) is 55.8 Å². The van der Waals surface area contributed by atoms with Crippen LogP contribution in [-0.4, -0.2) is 35.0 Å². The van der Waals surface area contributed by atoms with Gasteiger partial charge in [-0.05, 0) is 12.1 Å². The lowest BCUT2D eigenvalue weighted by Crippen LogP contribution is -2.53. The summed E-state index contributed by atoms with van der Waals surface area (Å²) in [6, 6.07) is 6.62. The molecular weight excluding hydrogens is 246 g/mol. The molecule has 3 heterocycles. The first-order valence-electron chi connectivity index (χ1n) is 6.23. The molecule has 1 fully saturated rings. The zero-order valence-electron chi connectivity index (χ0n) is 9.98. The molecular formula is C14H11NO4. The van der Waals surface area contributed by atoms with E-state index in [-0.39, 0.29) is 30.1 Å². The number of carbonyl (C=O) groups is 2. The maximum Gasteiger partial charge on any atom is 0.261 e. The Kier molecular flexibility index (Phi) is 2.15. The molecule has 0 aromatic heterocycles. The number of benzene rings is 1. The third kappa shape index (κ3) is 1.42. The molecule has 96 valence electrons. The molecule has 1 aromatic carbocycles. The van der Waals surface area contributed by atoms with E-state index in [0.717, 1.165) is 0 Å². The van der Waals surface area contributed by atoms with Gasteiger partial charge in [0.05, 0.1) is 17.2 Å². The second kappa shape index (κ2) is 3.76. The fourth-order valence-electron chi connectivity index (χ4n) is 2.88. The largest absolute Gasteiger partial charge is 0.269 e. The molecule has 5 heteroatoms. The van der Waals surface area contributed by atoms with E-state index in [1.165, 1.54) is 4.90 Å². The number of rotatable bonds is 1. The molecule has 1 aliphatic carbocycles. The molecule has 0 unspecified atom stereocenters. The van der Waals surface area contributed by atoms with E-state index in [0.29, 0.717) is 17.5 Å². The zero-order valence-corrected chi connectivity index (χ0v) is 9.98. The molecule has 2 bridgehead atoms. The van der Waals surface area contributed by atoms with Gasteiger partial charge in [-0.25, -0.2) is 9.78 Å². The highest BCUT2D eigenvalue weighted by Crippen LogP contribution is 2.33. The van der Waals surface area contributed by atoms with Gasteiger partial charge in [0.1, 0.15) is 12.2 Å². The number of carbonyl (C=O) groups excluding carboxylic acids is 2. The van der Waals surface area contributed by atoms with Crippen LogP contribution in [0.5, 0.6) is 0 Å². The Morgan fingerprint density at radius 2 is 1.68 bits per heavy atom. The second-order valence-electron chi connectivity index (χ2n) is 4.91. The van der Waals surface area contributed by atoms with Crippen LogP contribution in [0.25, 0.3) is 0 Å². The van der Waals surface area contributed by atoms with Crippen molar-refractivity contribution in [2.24, 2.45) is 0 Å². The lowest BCUT2D eigenvalue weighted by Gasteiger charge is -2.40. The standard InChI is InChI=1S/C14H11NO4/c16-13-9-3-1-2-4-10(9)14(17)15(13)11-7-8-5-6-12(11)19-18-8/h1-6,8,11-12H,7H2/t8-,11-,12+/m1/s1. The second-order valence-corrected chi connectivity index (χ2v) is 4.91. The summed E-state index contributed by atoms with van der Waals surface area (Å²) in [6.45, 7) is 0. The predicted octanol–water partition coefficient (Wildman–Crippen LogP) is 1.31. The third-order valence-corrected chi connectivity index (χ3v) is 3.82. The molecule has 1 saturated heterocycles. The Balaban J connectivity index is 1.73. The molecule has 4 aliphatic rings. The number of fused-ring (bicyclic) bond motifs is 3. The van der Waals surface area contributed by atoms with Gasteiger partial charge in [-0.3, -0.25) is 14.5 Å². The van der Waals surface area contributed by atoms with Crippen LogP contribution >= 0.6 is 0 Å². The third-order valence-electron chi connectivity index (χ3n) is 3.82. The van der Waals surface area contributed by atoms with E-state index in [2.05, 4.69) is 0 Å². The van der Waals surface area contributed by atoms with E-state index in [9.17, 15) is 9.59 Å². The summed E-state index contributed by atoms with van der Waals surface area (Å²) < 4.78 is 0. The van der Waals surface area contributed by atoms with Crippen LogP contribution in [0, 0.1) is 0 Å². The van der Waals surface area contributed by atoms with Crippen molar-refractivity contribution >= 4 is 11.8 Å².